The third-order valence-electron chi connectivity index (χ3n) is 3.14. The third-order valence-corrected chi connectivity index (χ3v) is 5.06. The van der Waals surface area contributed by atoms with E-state index in [0.717, 1.165) is 0 Å². The number of nitrogens with one attached hydrogen (secondary N) is 2. The van der Waals surface area contributed by atoms with Crippen LogP contribution in [0.5, 0.6) is 0 Å². The minimum Gasteiger partial charge on any atom is -0.283 e. The molecule has 0 spiro atoms. The first-order valence-corrected chi connectivity index (χ1v) is 8.78. The van der Waals surface area contributed by atoms with Crippen LogP contribution < -0.4 is 4.72 Å². The van der Waals surface area contributed by atoms with E-state index in [1.54, 1.807) is 42.6 Å². The van der Waals surface area contributed by atoms with Gasteiger partial charge in [0.15, 0.2) is 5.82 Å². The fraction of sp³-hybridized carbons (Fsp3) is 0. The Balaban J connectivity index is 2.01. The fourth-order valence-electron chi connectivity index (χ4n) is 2.06. The summed E-state index contributed by atoms with van der Waals surface area (Å²) in [5.41, 5.74) is 1.09. The topological polar surface area (TPSA) is 74.8 Å². The molecule has 3 rings (SSSR count). The van der Waals surface area contributed by atoms with Crippen LogP contribution in [0.4, 0.5) is 5.82 Å². The van der Waals surface area contributed by atoms with E-state index in [-0.39, 0.29) is 10.7 Å². The van der Waals surface area contributed by atoms with Crippen LogP contribution in [0.2, 0.25) is 10.0 Å². The minimum atomic E-state index is -3.75. The van der Waals surface area contributed by atoms with Gasteiger partial charge in [-0.2, -0.15) is 5.10 Å². The Bertz CT molecular complexity index is 940. The maximum Gasteiger partial charge on any atom is 0.263 e. The van der Waals surface area contributed by atoms with Crippen LogP contribution in [-0.2, 0) is 10.0 Å². The number of nitrogens with zero attached hydrogens (tertiary/aromatic N) is 1. The first-order valence-electron chi connectivity index (χ1n) is 6.54. The van der Waals surface area contributed by atoms with E-state index < -0.39 is 10.0 Å². The Morgan fingerprint density at radius 3 is 2.48 bits per heavy atom. The number of anilines is 1. The fourth-order valence-corrected chi connectivity index (χ4v) is 3.50. The van der Waals surface area contributed by atoms with Gasteiger partial charge in [0.2, 0.25) is 0 Å². The van der Waals surface area contributed by atoms with Crippen molar-refractivity contribution in [1.82, 2.24) is 10.2 Å². The van der Waals surface area contributed by atoms with Crippen molar-refractivity contribution < 1.29 is 8.42 Å². The molecule has 0 aliphatic heterocycles. The molecule has 0 saturated carbocycles. The van der Waals surface area contributed by atoms with Gasteiger partial charge in [-0.25, -0.2) is 8.42 Å². The molecule has 2 N–H and O–H groups in total. The smallest absolute Gasteiger partial charge is 0.263 e. The van der Waals surface area contributed by atoms with Crippen molar-refractivity contribution in [1.29, 1.82) is 0 Å². The van der Waals surface area contributed by atoms with Crippen molar-refractivity contribution in [2.24, 2.45) is 0 Å². The summed E-state index contributed by atoms with van der Waals surface area (Å²) in [5, 5.41) is 7.53. The van der Waals surface area contributed by atoms with Gasteiger partial charge in [0.25, 0.3) is 10.0 Å². The summed E-state index contributed by atoms with van der Waals surface area (Å²) in [6.07, 6.45) is 1.56. The van der Waals surface area contributed by atoms with Crippen LogP contribution in [-0.4, -0.2) is 18.6 Å². The molecule has 118 valence electrons. The van der Waals surface area contributed by atoms with Gasteiger partial charge in [-0.1, -0.05) is 41.4 Å². The molecule has 8 heteroatoms. The monoisotopic (exact) mass is 367 g/mol. The number of hydrogen-bond donors (Lipinski definition) is 2. The highest BCUT2D eigenvalue weighted by atomic mass is 35.5. The van der Waals surface area contributed by atoms with E-state index >= 15 is 0 Å². The summed E-state index contributed by atoms with van der Waals surface area (Å²) in [5.74, 6) is 0.151. The van der Waals surface area contributed by atoms with E-state index in [9.17, 15) is 8.42 Å². The molecule has 3 aromatic rings. The second-order valence-electron chi connectivity index (χ2n) is 4.69. The number of benzene rings is 2. The molecule has 0 unspecified atom stereocenters. The SMILES string of the molecule is O=S(=O)(Nc1n[nH]cc1-c1cc(Cl)ccc1Cl)c1ccccc1. The van der Waals surface area contributed by atoms with Crippen LogP contribution in [0.15, 0.2) is 59.6 Å². The van der Waals surface area contributed by atoms with Gasteiger partial charge in [0.1, 0.15) is 0 Å². The molecule has 2 aromatic carbocycles. The van der Waals surface area contributed by atoms with Crippen LogP contribution in [0, 0.1) is 0 Å². The van der Waals surface area contributed by atoms with Crippen LogP contribution >= 0.6 is 23.2 Å². The summed E-state index contributed by atoms with van der Waals surface area (Å²) < 4.78 is 27.3. The van der Waals surface area contributed by atoms with Crippen molar-refractivity contribution in [2.45, 2.75) is 4.90 Å². The van der Waals surface area contributed by atoms with Gasteiger partial charge >= 0.3 is 0 Å². The standard InChI is InChI=1S/C15H11Cl2N3O2S/c16-10-6-7-14(17)12(8-10)13-9-18-19-15(13)20-23(21,22)11-4-2-1-3-5-11/h1-9H,(H2,18,19,20). The highest BCUT2D eigenvalue weighted by molar-refractivity contribution is 7.92. The largest absolute Gasteiger partial charge is 0.283 e. The number of sulfonamides is 1. The second kappa shape index (κ2) is 6.23. The van der Waals surface area contributed by atoms with Crippen molar-refractivity contribution >= 4 is 39.0 Å². The predicted octanol–water partition coefficient (Wildman–Crippen LogP) is 4.18. The molecular weight excluding hydrogens is 357 g/mol. The number of H-pyrrole nitrogens is 1. The first-order chi connectivity index (χ1) is 11.0. The van der Waals surface area contributed by atoms with Gasteiger partial charge < -0.3 is 0 Å². The molecule has 0 radical (unpaired) electrons. The van der Waals surface area contributed by atoms with Gasteiger partial charge in [0, 0.05) is 27.4 Å². The lowest BCUT2D eigenvalue weighted by Gasteiger charge is -2.09. The number of hydrogen-bond acceptors (Lipinski definition) is 3. The first kappa shape index (κ1) is 15.9. The third kappa shape index (κ3) is 3.34. The molecule has 0 atom stereocenters. The summed E-state index contributed by atoms with van der Waals surface area (Å²) in [6, 6.07) is 13.0. The summed E-state index contributed by atoms with van der Waals surface area (Å²) in [4.78, 5) is 0.145. The lowest BCUT2D eigenvalue weighted by Crippen LogP contribution is -2.13. The molecule has 23 heavy (non-hydrogen) atoms. The molecule has 0 aliphatic rings. The Morgan fingerprint density at radius 1 is 1.00 bits per heavy atom. The molecule has 1 aromatic heterocycles. The van der Waals surface area contributed by atoms with Crippen molar-refractivity contribution in [3.63, 3.8) is 0 Å². The van der Waals surface area contributed by atoms with Crippen LogP contribution in [0.25, 0.3) is 11.1 Å². The zero-order valence-corrected chi connectivity index (χ0v) is 14.0. The van der Waals surface area contributed by atoms with Crippen LogP contribution in [0.3, 0.4) is 0 Å². The van der Waals surface area contributed by atoms with E-state index in [4.69, 9.17) is 23.2 Å². The Hall–Kier alpha value is -2.02. The lowest BCUT2D eigenvalue weighted by atomic mass is 10.1. The van der Waals surface area contributed by atoms with Crippen molar-refractivity contribution in [3.05, 3.63) is 64.8 Å². The molecule has 1 heterocycles. The van der Waals surface area contributed by atoms with E-state index in [1.807, 2.05) is 0 Å². The molecule has 0 amide bonds. The summed E-state index contributed by atoms with van der Waals surface area (Å²) in [6.45, 7) is 0. The zero-order valence-electron chi connectivity index (χ0n) is 11.6. The normalized spacial score (nSPS) is 11.4. The molecule has 0 bridgehead atoms. The summed E-state index contributed by atoms with van der Waals surface area (Å²) in [7, 11) is -3.75. The Labute approximate surface area is 143 Å². The maximum absolute atomic E-state index is 12.4. The van der Waals surface area contributed by atoms with E-state index in [1.165, 1.54) is 12.1 Å². The van der Waals surface area contributed by atoms with Crippen molar-refractivity contribution in [2.75, 3.05) is 4.72 Å². The Kier molecular flexibility index (Phi) is 4.30. The molecule has 0 aliphatic carbocycles. The molecule has 5 nitrogen and oxygen atoms in total. The average Bonchev–Trinajstić information content (AvgIpc) is 2.98. The molecule has 0 saturated heterocycles. The highest BCUT2D eigenvalue weighted by Crippen LogP contribution is 2.34. The molecular formula is C15H11Cl2N3O2S. The van der Waals surface area contributed by atoms with Gasteiger partial charge in [-0.15, -0.1) is 0 Å². The predicted molar refractivity (Wildman–Crippen MR) is 91.3 cm³/mol. The minimum absolute atomic E-state index is 0.145. The van der Waals surface area contributed by atoms with E-state index in [2.05, 4.69) is 14.9 Å². The summed E-state index contributed by atoms with van der Waals surface area (Å²) >= 11 is 12.2. The van der Waals surface area contributed by atoms with Gasteiger partial charge in [0.05, 0.1) is 4.90 Å². The average molecular weight is 368 g/mol. The second-order valence-corrected chi connectivity index (χ2v) is 7.22. The van der Waals surface area contributed by atoms with Crippen LogP contribution in [0.1, 0.15) is 0 Å². The quantitative estimate of drug-likeness (QED) is 0.725. The van der Waals surface area contributed by atoms with Gasteiger partial charge in [-0.3, -0.25) is 9.82 Å². The zero-order chi connectivity index (χ0) is 16.4. The number of aromatic nitrogens is 2. The van der Waals surface area contributed by atoms with E-state index in [0.29, 0.717) is 21.2 Å². The molecule has 0 fully saturated rings. The number of aromatic amines is 1. The van der Waals surface area contributed by atoms with Crippen molar-refractivity contribution in [3.8, 4) is 11.1 Å². The van der Waals surface area contributed by atoms with Gasteiger partial charge in [-0.05, 0) is 30.3 Å². The number of halogens is 2. The lowest BCUT2D eigenvalue weighted by molar-refractivity contribution is 0.601. The Morgan fingerprint density at radius 2 is 1.74 bits per heavy atom. The maximum atomic E-state index is 12.4. The number of rotatable bonds is 4. The highest BCUT2D eigenvalue weighted by Gasteiger charge is 2.19.